The number of hydrogen-bond donors (Lipinski definition) is 2. The van der Waals surface area contributed by atoms with E-state index in [1.54, 1.807) is 26.0 Å². The predicted octanol–water partition coefficient (Wildman–Crippen LogP) is 7.78. The number of nitro benzene ring substituents is 2. The number of aryl methyl sites for hydroxylation is 2. The fraction of sp³-hybridized carbons (Fsp3) is 0.0588. The first-order chi connectivity index (χ1) is 25.4. The largest absolute Gasteiger partial charge is 2.00 e. The second-order valence-electron chi connectivity index (χ2n) is 11.3. The van der Waals surface area contributed by atoms with Crippen molar-refractivity contribution in [2.45, 2.75) is 23.6 Å². The normalized spacial score (nSPS) is 11.7. The van der Waals surface area contributed by atoms with E-state index in [0.29, 0.717) is 21.9 Å². The Labute approximate surface area is 341 Å². The van der Waals surface area contributed by atoms with Crippen LogP contribution in [0.3, 0.4) is 0 Å². The SMILES string of the molecule is Cc1ccc(N=Nc2c(O)ccc3cccc(S(=O)(=O)[O-])c23)cc1[N+](=O)[O-].Cc1ccc(N=Nc2c(O)ccc3cccc(S(=O)(=O)[O-])c23)cc1[N+](=O)[O-].[Ca+2]. The molecule has 0 heterocycles. The second kappa shape index (κ2) is 16.9. The predicted molar refractivity (Wildman–Crippen MR) is 197 cm³/mol. The van der Waals surface area contributed by atoms with Crippen LogP contribution in [0.15, 0.2) is 127 Å². The minimum Gasteiger partial charge on any atom is -0.744 e. The molecule has 21 heteroatoms. The van der Waals surface area contributed by atoms with Gasteiger partial charge in [-0.05, 0) is 61.0 Å². The monoisotopic (exact) mass is 812 g/mol. The number of fused-ring (bicyclic) bond motifs is 2. The number of aromatic hydroxyl groups is 2. The van der Waals surface area contributed by atoms with Crippen LogP contribution in [0.5, 0.6) is 11.5 Å². The summed E-state index contributed by atoms with van der Waals surface area (Å²) in [6.45, 7) is 3.14. The molecule has 6 aromatic carbocycles. The summed E-state index contributed by atoms with van der Waals surface area (Å²) >= 11 is 0. The molecule has 0 aromatic heterocycles. The maximum atomic E-state index is 11.6. The van der Waals surface area contributed by atoms with Gasteiger partial charge < -0.3 is 19.3 Å². The molecule has 0 fully saturated rings. The van der Waals surface area contributed by atoms with Gasteiger partial charge in [0.25, 0.3) is 11.4 Å². The molecular formula is C34H24CaN6O12S2. The molecule has 276 valence electrons. The summed E-state index contributed by atoms with van der Waals surface area (Å²) in [5.41, 5.74) is 0.389. The third-order valence-corrected chi connectivity index (χ3v) is 9.52. The number of phenolic OH excluding ortho intramolecular Hbond substituents is 2. The van der Waals surface area contributed by atoms with Crippen LogP contribution in [0.25, 0.3) is 21.5 Å². The van der Waals surface area contributed by atoms with E-state index in [9.17, 15) is 56.4 Å². The number of azo groups is 2. The van der Waals surface area contributed by atoms with Crippen LogP contribution < -0.4 is 0 Å². The topological polar surface area (TPSA) is 291 Å². The van der Waals surface area contributed by atoms with Crippen LogP contribution in [0, 0.1) is 34.1 Å². The number of rotatable bonds is 8. The summed E-state index contributed by atoms with van der Waals surface area (Å²) in [6.07, 6.45) is 0. The zero-order valence-electron chi connectivity index (χ0n) is 28.4. The molecule has 0 aliphatic heterocycles. The molecule has 0 bridgehead atoms. The molecule has 2 N–H and O–H groups in total. The number of nitrogens with zero attached hydrogens (tertiary/aromatic N) is 6. The molecular weight excluding hydrogens is 789 g/mol. The molecule has 55 heavy (non-hydrogen) atoms. The van der Waals surface area contributed by atoms with Crippen LogP contribution in [-0.4, -0.2) is 83.7 Å². The summed E-state index contributed by atoms with van der Waals surface area (Å²) in [4.78, 5) is 19.8. The zero-order chi connectivity index (χ0) is 39.5. The van der Waals surface area contributed by atoms with Gasteiger partial charge in [0.1, 0.15) is 43.1 Å². The van der Waals surface area contributed by atoms with E-state index in [1.165, 1.54) is 72.8 Å². The summed E-state index contributed by atoms with van der Waals surface area (Å²) in [6, 6.07) is 21.9. The van der Waals surface area contributed by atoms with Gasteiger partial charge in [-0.2, -0.15) is 10.2 Å². The quantitative estimate of drug-likeness (QED) is 0.0489. The molecule has 6 rings (SSSR count). The Morgan fingerprint density at radius 1 is 0.545 bits per heavy atom. The summed E-state index contributed by atoms with van der Waals surface area (Å²) in [5, 5.41) is 58.3. The average Bonchev–Trinajstić information content (AvgIpc) is 3.10. The molecule has 0 atom stereocenters. The fourth-order valence-electron chi connectivity index (χ4n) is 5.18. The number of benzene rings is 6. The van der Waals surface area contributed by atoms with Crippen LogP contribution in [-0.2, 0) is 20.2 Å². The maximum Gasteiger partial charge on any atom is 2.00 e. The molecule has 0 amide bonds. The Morgan fingerprint density at radius 3 is 1.24 bits per heavy atom. The van der Waals surface area contributed by atoms with Gasteiger partial charge in [-0.25, -0.2) is 16.8 Å². The summed E-state index contributed by atoms with van der Waals surface area (Å²) in [5.74, 6) is -0.770. The molecule has 0 unspecified atom stereocenters. The standard InChI is InChI=1S/2C17H13N3O6S.Ca/c2*1-10-5-7-12(9-13(10)20(22)23)18-19-17-14(21)8-6-11-3-2-4-15(16(11)17)27(24,25)26;/h2*2-9,21H,1H3,(H,24,25,26);/q;;+2/p-2. The van der Waals surface area contributed by atoms with E-state index in [4.69, 9.17) is 0 Å². The van der Waals surface area contributed by atoms with E-state index in [0.717, 1.165) is 12.1 Å². The Balaban J connectivity index is 0.000000240. The van der Waals surface area contributed by atoms with Crippen molar-refractivity contribution in [1.82, 2.24) is 0 Å². The van der Waals surface area contributed by atoms with E-state index in [2.05, 4.69) is 20.5 Å². The van der Waals surface area contributed by atoms with E-state index in [1.807, 2.05) is 0 Å². The fourth-order valence-corrected chi connectivity index (χ4v) is 6.60. The first kappa shape index (κ1) is 42.3. The van der Waals surface area contributed by atoms with Gasteiger partial charge in [-0.15, -0.1) is 10.2 Å². The van der Waals surface area contributed by atoms with E-state index < -0.39 is 39.9 Å². The molecule has 0 saturated carbocycles. The molecule has 0 aliphatic rings. The van der Waals surface area contributed by atoms with Crippen LogP contribution in [0.4, 0.5) is 34.1 Å². The maximum absolute atomic E-state index is 11.6. The minimum absolute atomic E-state index is 0. The van der Waals surface area contributed by atoms with Crippen molar-refractivity contribution in [3.05, 3.63) is 128 Å². The second-order valence-corrected chi connectivity index (χ2v) is 14.0. The van der Waals surface area contributed by atoms with Crippen molar-refractivity contribution >= 4 is 114 Å². The van der Waals surface area contributed by atoms with Crippen LogP contribution in [0.1, 0.15) is 11.1 Å². The van der Waals surface area contributed by atoms with Crippen molar-refractivity contribution in [3.63, 3.8) is 0 Å². The van der Waals surface area contributed by atoms with Crippen molar-refractivity contribution in [2.75, 3.05) is 0 Å². The molecule has 0 aliphatic carbocycles. The van der Waals surface area contributed by atoms with Gasteiger partial charge >= 0.3 is 37.7 Å². The van der Waals surface area contributed by atoms with E-state index >= 15 is 0 Å². The Hall–Kier alpha value is -5.48. The van der Waals surface area contributed by atoms with Crippen LogP contribution >= 0.6 is 0 Å². The zero-order valence-corrected chi connectivity index (χ0v) is 32.3. The van der Waals surface area contributed by atoms with Crippen molar-refractivity contribution in [2.24, 2.45) is 20.5 Å². The summed E-state index contributed by atoms with van der Waals surface area (Å²) in [7, 11) is -9.65. The van der Waals surface area contributed by atoms with Gasteiger partial charge in [-0.1, -0.05) is 48.5 Å². The Kier molecular flexibility index (Phi) is 13.0. The molecule has 6 aromatic rings. The number of phenols is 2. The molecule has 18 nitrogen and oxygen atoms in total. The van der Waals surface area contributed by atoms with Gasteiger partial charge in [0.2, 0.25) is 0 Å². The minimum atomic E-state index is -4.83. The van der Waals surface area contributed by atoms with Gasteiger partial charge in [0.15, 0.2) is 0 Å². The number of nitro groups is 2. The smallest absolute Gasteiger partial charge is 0.744 e. The Bertz CT molecular complexity index is 2610. The number of hydrogen-bond acceptors (Lipinski definition) is 16. The molecule has 0 spiro atoms. The first-order valence-electron chi connectivity index (χ1n) is 15.1. The average molecular weight is 813 g/mol. The third-order valence-electron chi connectivity index (χ3n) is 7.77. The van der Waals surface area contributed by atoms with Gasteiger partial charge in [0.05, 0.1) is 31.0 Å². The van der Waals surface area contributed by atoms with E-state index in [-0.39, 0.29) is 94.1 Å². The van der Waals surface area contributed by atoms with Crippen molar-refractivity contribution < 1.29 is 46.0 Å². The van der Waals surface area contributed by atoms with Crippen molar-refractivity contribution in [1.29, 1.82) is 0 Å². The molecule has 0 saturated heterocycles. The van der Waals surface area contributed by atoms with Gasteiger partial charge in [0, 0.05) is 34.0 Å². The Morgan fingerprint density at radius 2 is 0.909 bits per heavy atom. The third kappa shape index (κ3) is 9.61. The van der Waals surface area contributed by atoms with Gasteiger partial charge in [-0.3, -0.25) is 20.2 Å². The summed E-state index contributed by atoms with van der Waals surface area (Å²) < 4.78 is 69.3. The molecule has 0 radical (unpaired) electrons. The first-order valence-corrected chi connectivity index (χ1v) is 17.9. The van der Waals surface area contributed by atoms with Crippen molar-refractivity contribution in [3.8, 4) is 11.5 Å². The van der Waals surface area contributed by atoms with Crippen LogP contribution in [0.2, 0.25) is 0 Å².